The zero-order valence-corrected chi connectivity index (χ0v) is 21.2. The summed E-state index contributed by atoms with van der Waals surface area (Å²) in [4.78, 5) is 15.1. The molecule has 4 rings (SSSR count). The first-order chi connectivity index (χ1) is 15.9. The summed E-state index contributed by atoms with van der Waals surface area (Å²) in [6.45, 7) is 3.96. The molecule has 2 fully saturated rings. The largest absolute Gasteiger partial charge is 0.490 e. The number of hydrogen-bond acceptors (Lipinski definition) is 6. The lowest BCUT2D eigenvalue weighted by Crippen LogP contribution is -2.35. The second-order valence-corrected chi connectivity index (χ2v) is 10.1. The van der Waals surface area contributed by atoms with Gasteiger partial charge in [-0.2, -0.15) is 0 Å². The SMILES string of the molecule is CCOc1cc(/C=C2\SC(=S)N(C[C@@H]3CCCO3)C2=O)ccc1OCc1ccc(Cl)c(Cl)c1. The van der Waals surface area contributed by atoms with Crippen LogP contribution in [0.3, 0.4) is 0 Å². The molecule has 2 saturated heterocycles. The molecule has 2 aliphatic rings. The smallest absolute Gasteiger partial charge is 0.266 e. The molecule has 0 spiro atoms. The maximum atomic E-state index is 12.9. The lowest BCUT2D eigenvalue weighted by atomic mass is 10.1. The third-order valence-electron chi connectivity index (χ3n) is 5.23. The number of rotatable bonds is 8. The summed E-state index contributed by atoms with van der Waals surface area (Å²) in [5.41, 5.74) is 1.73. The summed E-state index contributed by atoms with van der Waals surface area (Å²) in [7, 11) is 0. The van der Waals surface area contributed by atoms with Gasteiger partial charge >= 0.3 is 0 Å². The van der Waals surface area contributed by atoms with E-state index in [0.717, 1.165) is 30.6 Å². The highest BCUT2D eigenvalue weighted by Gasteiger charge is 2.34. The van der Waals surface area contributed by atoms with Gasteiger partial charge in [-0.15, -0.1) is 0 Å². The van der Waals surface area contributed by atoms with Crippen LogP contribution in [0, 0.1) is 0 Å². The summed E-state index contributed by atoms with van der Waals surface area (Å²) in [6, 6.07) is 11.0. The van der Waals surface area contributed by atoms with Crippen LogP contribution in [0.25, 0.3) is 6.08 Å². The van der Waals surface area contributed by atoms with Gasteiger partial charge in [-0.25, -0.2) is 0 Å². The second kappa shape index (κ2) is 11.1. The van der Waals surface area contributed by atoms with Crippen LogP contribution in [0.1, 0.15) is 30.9 Å². The fourth-order valence-electron chi connectivity index (χ4n) is 3.59. The quantitative estimate of drug-likeness (QED) is 0.296. The Morgan fingerprint density at radius 3 is 2.76 bits per heavy atom. The molecule has 0 N–H and O–H groups in total. The molecule has 1 amide bonds. The van der Waals surface area contributed by atoms with Crippen LogP contribution in [-0.4, -0.2) is 41.0 Å². The van der Waals surface area contributed by atoms with Gasteiger partial charge in [0.1, 0.15) is 10.9 Å². The van der Waals surface area contributed by atoms with E-state index in [1.54, 1.807) is 17.0 Å². The highest BCUT2D eigenvalue weighted by Crippen LogP contribution is 2.36. The monoisotopic (exact) mass is 523 g/mol. The summed E-state index contributed by atoms with van der Waals surface area (Å²) >= 11 is 18.8. The van der Waals surface area contributed by atoms with E-state index in [1.807, 2.05) is 37.3 Å². The normalized spacial score (nSPS) is 19.5. The zero-order chi connectivity index (χ0) is 23.4. The molecule has 0 radical (unpaired) electrons. The summed E-state index contributed by atoms with van der Waals surface area (Å²) in [6.07, 6.45) is 3.87. The number of thioether (sulfide) groups is 1. The van der Waals surface area contributed by atoms with E-state index in [0.29, 0.717) is 50.5 Å². The molecule has 174 valence electrons. The Balaban J connectivity index is 1.48. The predicted molar refractivity (Wildman–Crippen MR) is 137 cm³/mol. The van der Waals surface area contributed by atoms with Gasteiger partial charge in [0.15, 0.2) is 11.5 Å². The predicted octanol–water partition coefficient (Wildman–Crippen LogP) is 6.35. The maximum absolute atomic E-state index is 12.9. The molecule has 0 unspecified atom stereocenters. The number of ether oxygens (including phenoxy) is 3. The molecular formula is C24H23Cl2NO4S2. The number of benzene rings is 2. The number of carbonyl (C=O) groups is 1. The minimum absolute atomic E-state index is 0.0587. The van der Waals surface area contributed by atoms with Crippen molar-refractivity contribution in [1.82, 2.24) is 4.90 Å². The fraction of sp³-hybridized carbons (Fsp3) is 0.333. The highest BCUT2D eigenvalue weighted by atomic mass is 35.5. The Bertz CT molecular complexity index is 1090. The van der Waals surface area contributed by atoms with Gasteiger partial charge in [-0.05, 0) is 61.2 Å². The van der Waals surface area contributed by atoms with Gasteiger partial charge in [0.2, 0.25) is 0 Å². The average molecular weight is 524 g/mol. The van der Waals surface area contributed by atoms with Crippen molar-refractivity contribution in [3.8, 4) is 11.5 Å². The molecule has 2 aromatic carbocycles. The van der Waals surface area contributed by atoms with Crippen LogP contribution >= 0.6 is 47.2 Å². The van der Waals surface area contributed by atoms with Crippen molar-refractivity contribution in [2.24, 2.45) is 0 Å². The molecule has 0 aliphatic carbocycles. The van der Waals surface area contributed by atoms with Crippen molar-refractivity contribution in [1.29, 1.82) is 0 Å². The van der Waals surface area contributed by atoms with E-state index >= 15 is 0 Å². The fourth-order valence-corrected chi connectivity index (χ4v) is 5.19. The van der Waals surface area contributed by atoms with E-state index in [4.69, 9.17) is 49.6 Å². The first kappa shape index (κ1) is 24.4. The Morgan fingerprint density at radius 2 is 2.03 bits per heavy atom. The Morgan fingerprint density at radius 1 is 1.18 bits per heavy atom. The van der Waals surface area contributed by atoms with Gasteiger partial charge in [-0.3, -0.25) is 9.69 Å². The standard InChI is InChI=1S/C24H23Cl2NO4S2/c1-2-29-21-11-15(6-8-20(21)31-14-16-5-7-18(25)19(26)10-16)12-22-23(28)27(24(32)33-22)13-17-4-3-9-30-17/h5-8,10-12,17H,2-4,9,13-14H2,1H3/b22-12-/t17-/m0/s1. The van der Waals surface area contributed by atoms with Gasteiger partial charge in [0.05, 0.1) is 34.2 Å². The van der Waals surface area contributed by atoms with Crippen molar-refractivity contribution >= 4 is 63.5 Å². The first-order valence-corrected chi connectivity index (χ1v) is 12.6. The number of thiocarbonyl (C=S) groups is 1. The van der Waals surface area contributed by atoms with Crippen molar-refractivity contribution in [2.45, 2.75) is 32.5 Å². The summed E-state index contributed by atoms with van der Waals surface area (Å²) in [5.74, 6) is 1.12. The van der Waals surface area contributed by atoms with E-state index in [-0.39, 0.29) is 12.0 Å². The molecule has 5 nitrogen and oxygen atoms in total. The topological polar surface area (TPSA) is 48.0 Å². The average Bonchev–Trinajstić information content (AvgIpc) is 3.40. The third-order valence-corrected chi connectivity index (χ3v) is 7.34. The lowest BCUT2D eigenvalue weighted by Gasteiger charge is -2.18. The van der Waals surface area contributed by atoms with Crippen molar-refractivity contribution in [3.05, 3.63) is 62.5 Å². The number of amides is 1. The number of nitrogens with zero attached hydrogens (tertiary/aromatic N) is 1. The minimum atomic E-state index is -0.0848. The first-order valence-electron chi connectivity index (χ1n) is 10.6. The molecule has 2 aliphatic heterocycles. The van der Waals surface area contributed by atoms with E-state index < -0.39 is 0 Å². The molecule has 0 saturated carbocycles. The van der Waals surface area contributed by atoms with Crippen molar-refractivity contribution < 1.29 is 19.0 Å². The second-order valence-electron chi connectivity index (χ2n) is 7.60. The number of hydrogen-bond donors (Lipinski definition) is 0. The Labute approximate surface area is 213 Å². The molecular weight excluding hydrogens is 501 g/mol. The minimum Gasteiger partial charge on any atom is -0.490 e. The van der Waals surface area contributed by atoms with Crippen molar-refractivity contribution in [3.63, 3.8) is 0 Å². The molecule has 1 atom stereocenters. The lowest BCUT2D eigenvalue weighted by molar-refractivity contribution is -0.123. The molecule has 0 aromatic heterocycles. The highest BCUT2D eigenvalue weighted by molar-refractivity contribution is 8.26. The van der Waals surface area contributed by atoms with Crippen LogP contribution in [0.5, 0.6) is 11.5 Å². The van der Waals surface area contributed by atoms with Gasteiger partial charge in [-0.1, -0.05) is 59.3 Å². The third kappa shape index (κ3) is 6.03. The molecule has 0 bridgehead atoms. The van der Waals surface area contributed by atoms with Gasteiger partial charge < -0.3 is 14.2 Å². The van der Waals surface area contributed by atoms with Crippen LogP contribution in [0.15, 0.2) is 41.3 Å². The Kier molecular flexibility index (Phi) is 8.20. The number of carbonyl (C=O) groups excluding carboxylic acids is 1. The van der Waals surface area contributed by atoms with E-state index in [9.17, 15) is 4.79 Å². The zero-order valence-electron chi connectivity index (χ0n) is 18.0. The van der Waals surface area contributed by atoms with Gasteiger partial charge in [0, 0.05) is 6.61 Å². The molecule has 33 heavy (non-hydrogen) atoms. The van der Waals surface area contributed by atoms with Crippen LogP contribution < -0.4 is 9.47 Å². The van der Waals surface area contributed by atoms with E-state index in [1.165, 1.54) is 11.8 Å². The van der Waals surface area contributed by atoms with Crippen LogP contribution in [-0.2, 0) is 16.1 Å². The molecule has 2 heterocycles. The van der Waals surface area contributed by atoms with Gasteiger partial charge in [0.25, 0.3) is 5.91 Å². The molecule has 2 aromatic rings. The number of halogens is 2. The molecule has 9 heteroatoms. The maximum Gasteiger partial charge on any atom is 0.266 e. The van der Waals surface area contributed by atoms with Crippen LogP contribution in [0.2, 0.25) is 10.0 Å². The Hall–Kier alpha value is -1.77. The van der Waals surface area contributed by atoms with E-state index in [2.05, 4.69) is 0 Å². The summed E-state index contributed by atoms with van der Waals surface area (Å²) in [5, 5.41) is 0.982. The summed E-state index contributed by atoms with van der Waals surface area (Å²) < 4.78 is 18.0. The van der Waals surface area contributed by atoms with Crippen LogP contribution in [0.4, 0.5) is 0 Å². The van der Waals surface area contributed by atoms with Crippen molar-refractivity contribution in [2.75, 3.05) is 19.8 Å².